The first kappa shape index (κ1) is 45.0. The van der Waals surface area contributed by atoms with E-state index in [0.29, 0.717) is 54.8 Å². The van der Waals surface area contributed by atoms with Gasteiger partial charge in [0.15, 0.2) is 0 Å². The van der Waals surface area contributed by atoms with E-state index in [1.807, 2.05) is 0 Å². The molecule has 10 atom stereocenters. The van der Waals surface area contributed by atoms with Crippen molar-refractivity contribution in [2.45, 2.75) is 181 Å². The minimum absolute atomic E-state index is 0.0176. The highest BCUT2D eigenvalue weighted by Crippen LogP contribution is 2.68. The number of hydrogen-bond acceptors (Lipinski definition) is 5. The van der Waals surface area contributed by atoms with Gasteiger partial charge in [0, 0.05) is 12.8 Å². The molecule has 0 aliphatic heterocycles. The predicted octanol–water partition coefficient (Wildman–Crippen LogP) is 11.1. The third-order valence-corrected chi connectivity index (χ3v) is 14.8. The topological polar surface area (TPSA) is 113 Å². The summed E-state index contributed by atoms with van der Waals surface area (Å²) in [5.41, 5.74) is 0.0303. The van der Waals surface area contributed by atoms with Crippen LogP contribution in [0.3, 0.4) is 0 Å². The number of rotatable bonds is 23. The molecule has 0 bridgehead atoms. The number of amides is 1. The molecular weight excluding hydrogens is 687 g/mol. The van der Waals surface area contributed by atoms with Gasteiger partial charge >= 0.3 is 11.9 Å². The maximum Gasteiger partial charge on any atom is 0.322 e. The number of ether oxygens (including phenoxy) is 1. The van der Waals surface area contributed by atoms with Gasteiger partial charge in [0.2, 0.25) is 5.91 Å². The molecule has 0 spiro atoms. The molecule has 310 valence electrons. The summed E-state index contributed by atoms with van der Waals surface area (Å²) in [4.78, 5) is 36.0. The molecule has 4 saturated carbocycles. The fourth-order valence-corrected chi connectivity index (χ4v) is 11.7. The van der Waals surface area contributed by atoms with E-state index < -0.39 is 5.97 Å². The van der Waals surface area contributed by atoms with Crippen molar-refractivity contribution in [2.75, 3.05) is 6.54 Å². The number of carbonyl (C=O) groups excluding carboxylic acids is 2. The molecule has 10 unspecified atom stereocenters. The number of nitrogens with one attached hydrogen (secondary N) is 1. The van der Waals surface area contributed by atoms with Gasteiger partial charge in [0.05, 0.1) is 6.10 Å². The number of carboxylic acids is 1. The quantitative estimate of drug-likeness (QED) is 0.0543. The number of aliphatic hydroxyl groups excluding tert-OH is 1. The van der Waals surface area contributed by atoms with Crippen molar-refractivity contribution in [1.82, 2.24) is 5.32 Å². The highest BCUT2D eigenvalue weighted by atomic mass is 16.5. The van der Waals surface area contributed by atoms with E-state index in [1.54, 1.807) is 0 Å². The maximum atomic E-state index is 12.9. The number of unbranched alkanes of at least 4 members (excludes halogenated alkanes) is 6. The highest BCUT2D eigenvalue weighted by Gasteiger charge is 2.63. The Morgan fingerprint density at radius 2 is 1.44 bits per heavy atom. The first-order valence-electron chi connectivity index (χ1n) is 22.5. The van der Waals surface area contributed by atoms with Gasteiger partial charge in [-0.25, -0.2) is 0 Å². The average Bonchev–Trinajstić information content (AvgIpc) is 3.53. The van der Waals surface area contributed by atoms with E-state index in [0.717, 1.165) is 83.5 Å². The zero-order valence-electron chi connectivity index (χ0n) is 35.0. The van der Waals surface area contributed by atoms with E-state index >= 15 is 0 Å². The van der Waals surface area contributed by atoms with Crippen LogP contribution in [0.2, 0.25) is 0 Å². The number of fused-ring (bicyclic) bond motifs is 5. The second kappa shape index (κ2) is 22.9. The Hall–Kier alpha value is -2.67. The average molecular weight is 764 g/mol. The summed E-state index contributed by atoms with van der Waals surface area (Å²) in [5.74, 6) is 1.55. The van der Waals surface area contributed by atoms with Crippen molar-refractivity contribution in [1.29, 1.82) is 0 Å². The van der Waals surface area contributed by atoms with Crippen LogP contribution in [0.25, 0.3) is 0 Å². The molecule has 3 N–H and O–H groups in total. The summed E-state index contributed by atoms with van der Waals surface area (Å²) >= 11 is 0. The third kappa shape index (κ3) is 12.9. The van der Waals surface area contributed by atoms with Crippen LogP contribution in [0.4, 0.5) is 0 Å². The van der Waals surface area contributed by atoms with E-state index in [2.05, 4.69) is 81.6 Å². The predicted molar refractivity (Wildman–Crippen MR) is 223 cm³/mol. The minimum atomic E-state index is -1.03. The Bertz CT molecular complexity index is 1320. The monoisotopic (exact) mass is 764 g/mol. The lowest BCUT2D eigenvalue weighted by Crippen LogP contribution is -2.59. The summed E-state index contributed by atoms with van der Waals surface area (Å²) in [6.07, 6.45) is 39.9. The van der Waals surface area contributed by atoms with E-state index in [-0.39, 0.29) is 41.5 Å². The molecule has 0 aromatic rings. The Kier molecular flexibility index (Phi) is 18.8. The molecule has 0 aromatic carbocycles. The van der Waals surface area contributed by atoms with Crippen LogP contribution >= 0.6 is 0 Å². The SMILES string of the molecule is CC/C=C\C/C=C\C/C=C\C/C=C\CCCCCCCCC(=O)OC1CCC2(C)C(CCC3C2CC(O)C2(C)C(C(C)CCC(=O)NCC(=O)O)CCC32)C1. The van der Waals surface area contributed by atoms with Crippen molar-refractivity contribution < 1.29 is 29.3 Å². The first-order valence-corrected chi connectivity index (χ1v) is 22.5. The minimum Gasteiger partial charge on any atom is -0.480 e. The van der Waals surface area contributed by atoms with Gasteiger partial charge in [-0.1, -0.05) is 102 Å². The number of aliphatic hydroxyl groups is 1. The molecule has 4 rings (SSSR count). The van der Waals surface area contributed by atoms with Gasteiger partial charge in [-0.2, -0.15) is 0 Å². The summed E-state index contributed by atoms with van der Waals surface area (Å²) in [5, 5.41) is 23.3. The number of hydrogen-bond donors (Lipinski definition) is 3. The number of esters is 1. The molecule has 0 heterocycles. The van der Waals surface area contributed by atoms with Gasteiger partial charge in [-0.3, -0.25) is 14.4 Å². The number of carboxylic acid groups (broad SMARTS) is 1. The fraction of sp³-hybridized carbons (Fsp3) is 0.771. The molecule has 4 fully saturated rings. The summed E-state index contributed by atoms with van der Waals surface area (Å²) < 4.78 is 6.11. The zero-order chi connectivity index (χ0) is 39.7. The smallest absolute Gasteiger partial charge is 0.322 e. The lowest BCUT2D eigenvalue weighted by Gasteiger charge is -2.62. The third-order valence-electron chi connectivity index (χ3n) is 14.8. The Labute approximate surface area is 334 Å². The Morgan fingerprint density at radius 3 is 2.13 bits per heavy atom. The molecule has 0 radical (unpaired) electrons. The molecular formula is C48H77NO6. The number of aliphatic carboxylic acids is 1. The molecule has 55 heavy (non-hydrogen) atoms. The molecule has 1 amide bonds. The lowest BCUT2D eigenvalue weighted by atomic mass is 9.43. The van der Waals surface area contributed by atoms with E-state index in [4.69, 9.17) is 9.84 Å². The van der Waals surface area contributed by atoms with Crippen LogP contribution in [0.1, 0.15) is 169 Å². The first-order chi connectivity index (χ1) is 26.5. The second-order valence-electron chi connectivity index (χ2n) is 18.2. The molecule has 4 aliphatic rings. The van der Waals surface area contributed by atoms with Gasteiger partial charge in [-0.05, 0) is 149 Å². The van der Waals surface area contributed by atoms with Crippen molar-refractivity contribution in [3.05, 3.63) is 48.6 Å². The normalized spacial score (nSPS) is 32.5. The van der Waals surface area contributed by atoms with Crippen LogP contribution in [-0.2, 0) is 19.1 Å². The lowest BCUT2D eigenvalue weighted by molar-refractivity contribution is -0.181. The largest absolute Gasteiger partial charge is 0.480 e. The van der Waals surface area contributed by atoms with Gasteiger partial charge < -0.3 is 20.3 Å². The van der Waals surface area contributed by atoms with Crippen LogP contribution < -0.4 is 5.32 Å². The molecule has 7 heteroatoms. The standard InChI is InChI=1S/C48H77NO6/c1-5-6-7-8-9-10-11-12-13-14-15-16-17-18-19-20-21-22-23-24-46(54)55-38-31-32-47(3)37(33-38)26-27-39-41-29-28-40(48(41,4)43(50)34-42(39)47)36(2)25-30-44(51)49-35-45(52)53/h6-7,9-10,12-13,15-16,36-43,50H,5,8,11,14,17-35H2,1-4H3,(H,49,51)(H,52,53)/b7-6-,10-9-,13-12-,16-15-. The van der Waals surface area contributed by atoms with Crippen molar-refractivity contribution in [3.63, 3.8) is 0 Å². The number of allylic oxidation sites excluding steroid dienone is 8. The Morgan fingerprint density at radius 1 is 0.782 bits per heavy atom. The van der Waals surface area contributed by atoms with E-state index in [1.165, 1.54) is 38.5 Å². The van der Waals surface area contributed by atoms with Crippen molar-refractivity contribution >= 4 is 17.8 Å². The van der Waals surface area contributed by atoms with Crippen LogP contribution in [0, 0.1) is 46.3 Å². The molecule has 7 nitrogen and oxygen atoms in total. The zero-order valence-corrected chi connectivity index (χ0v) is 35.0. The van der Waals surface area contributed by atoms with E-state index in [9.17, 15) is 19.5 Å². The highest BCUT2D eigenvalue weighted by molar-refractivity contribution is 5.81. The molecule has 4 aliphatic carbocycles. The van der Waals surface area contributed by atoms with Crippen LogP contribution in [-0.4, -0.2) is 46.8 Å². The number of carbonyl (C=O) groups is 3. The molecule has 0 aromatic heterocycles. The van der Waals surface area contributed by atoms with Gasteiger partial charge in [0.25, 0.3) is 0 Å². The Balaban J connectivity index is 1.09. The van der Waals surface area contributed by atoms with Crippen LogP contribution in [0.15, 0.2) is 48.6 Å². The van der Waals surface area contributed by atoms with Gasteiger partial charge in [-0.15, -0.1) is 0 Å². The summed E-state index contributed by atoms with van der Waals surface area (Å²) in [6.45, 7) is 8.86. The molecule has 0 saturated heterocycles. The summed E-state index contributed by atoms with van der Waals surface area (Å²) in [7, 11) is 0. The van der Waals surface area contributed by atoms with Crippen LogP contribution in [0.5, 0.6) is 0 Å². The maximum absolute atomic E-state index is 12.9. The van der Waals surface area contributed by atoms with Crippen molar-refractivity contribution in [2.24, 2.45) is 46.3 Å². The second-order valence-corrected chi connectivity index (χ2v) is 18.2. The summed E-state index contributed by atoms with van der Waals surface area (Å²) in [6, 6.07) is 0. The van der Waals surface area contributed by atoms with Gasteiger partial charge in [0.1, 0.15) is 12.6 Å². The van der Waals surface area contributed by atoms with Crippen molar-refractivity contribution in [3.8, 4) is 0 Å². The fourth-order valence-electron chi connectivity index (χ4n) is 11.7.